The van der Waals surface area contributed by atoms with Crippen molar-refractivity contribution in [3.8, 4) is 0 Å². The molecule has 2 aromatic rings. The number of ether oxygens (including phenoxy) is 2. The maximum Gasteiger partial charge on any atom is 0.410 e. The van der Waals surface area contributed by atoms with E-state index < -0.39 is 17.3 Å². The Kier molecular flexibility index (Phi) is 9.15. The van der Waals surface area contributed by atoms with Gasteiger partial charge in [0.05, 0.1) is 0 Å². The average molecular weight is 511 g/mol. The van der Waals surface area contributed by atoms with Crippen molar-refractivity contribution in [2.45, 2.75) is 96.4 Å². The topological polar surface area (TPSA) is 67.9 Å². The number of carbonyl (C=O) groups excluding carboxylic acids is 2. The van der Waals surface area contributed by atoms with Crippen molar-refractivity contribution in [2.75, 3.05) is 6.54 Å². The van der Waals surface area contributed by atoms with Gasteiger partial charge in [-0.1, -0.05) is 41.9 Å². The first-order valence-electron chi connectivity index (χ1n) is 12.7. The quantitative estimate of drug-likeness (QED) is 0.503. The number of alkyl carbamates (subject to hydrolysis) is 1. The maximum atomic E-state index is 13.5. The fourth-order valence-electron chi connectivity index (χ4n) is 4.49. The van der Waals surface area contributed by atoms with Crippen molar-refractivity contribution in [1.82, 2.24) is 10.2 Å². The first-order chi connectivity index (χ1) is 16.8. The molecule has 8 heteroatoms. The summed E-state index contributed by atoms with van der Waals surface area (Å²) < 4.78 is 11.3. The second-order valence-electron chi connectivity index (χ2n) is 11.5. The summed E-state index contributed by atoms with van der Waals surface area (Å²) in [7, 11) is 6.06. The Morgan fingerprint density at radius 2 is 1.64 bits per heavy atom. The van der Waals surface area contributed by atoms with E-state index in [1.807, 2.05) is 76.1 Å². The zero-order valence-corrected chi connectivity index (χ0v) is 23.2. The van der Waals surface area contributed by atoms with Gasteiger partial charge in [-0.2, -0.15) is 0 Å². The molecule has 1 aromatic carbocycles. The van der Waals surface area contributed by atoms with Crippen molar-refractivity contribution in [3.05, 3.63) is 52.2 Å². The highest BCUT2D eigenvalue weighted by atomic mass is 32.1. The molecule has 1 aromatic heterocycles. The highest BCUT2D eigenvalue weighted by Gasteiger charge is 2.35. The normalized spacial score (nSPS) is 19.3. The Balaban J connectivity index is 1.78. The van der Waals surface area contributed by atoms with Gasteiger partial charge in [-0.05, 0) is 78.2 Å². The van der Waals surface area contributed by atoms with Crippen LogP contribution in [0.5, 0.6) is 0 Å². The van der Waals surface area contributed by atoms with Gasteiger partial charge in [0.1, 0.15) is 19.0 Å². The summed E-state index contributed by atoms with van der Waals surface area (Å²) in [6.45, 7) is 11.7. The smallest absolute Gasteiger partial charge is 0.410 e. The molecule has 2 amide bonds. The van der Waals surface area contributed by atoms with Crippen molar-refractivity contribution in [1.29, 1.82) is 0 Å². The summed E-state index contributed by atoms with van der Waals surface area (Å²) in [5.41, 5.74) is 0.731. The predicted molar refractivity (Wildman–Crippen MR) is 146 cm³/mol. The number of carbonyl (C=O) groups is 2. The van der Waals surface area contributed by atoms with Crippen LogP contribution >= 0.6 is 11.3 Å². The third-order valence-electron chi connectivity index (χ3n) is 6.05. The summed E-state index contributed by atoms with van der Waals surface area (Å²) >= 11 is 1.61. The SMILES string of the molecule is [B]c1csc(C(CN(C(=O)OC(C)(C)C)C2CCC(NC(=O)OC(C)(C)C)CC2)c2ccccc2)c1. The molecule has 1 saturated carbocycles. The van der Waals surface area contributed by atoms with Gasteiger partial charge in [0.15, 0.2) is 0 Å². The zero-order valence-electron chi connectivity index (χ0n) is 22.4. The third-order valence-corrected chi connectivity index (χ3v) is 7.12. The number of benzene rings is 1. The number of nitrogens with one attached hydrogen (secondary N) is 1. The minimum Gasteiger partial charge on any atom is -0.444 e. The van der Waals surface area contributed by atoms with E-state index in [9.17, 15) is 9.59 Å². The molecule has 0 saturated heterocycles. The summed E-state index contributed by atoms with van der Waals surface area (Å²) in [5.74, 6) is -0.0152. The standard InChI is InChI=1S/C28H39BN2O4S/c1-27(2,3)34-25(32)30-21-12-14-22(15-13-21)31(26(33)35-28(4,5)6)17-23(19-10-8-7-9-11-19)24-16-20(29)18-36-24/h7-11,16,18,21-23H,12-15,17H2,1-6H3,(H,30,32). The van der Waals surface area contributed by atoms with Crippen LogP contribution in [0.2, 0.25) is 0 Å². The Hall–Kier alpha value is -2.48. The monoisotopic (exact) mass is 510 g/mol. The first kappa shape index (κ1) is 28.1. The molecular formula is C28H39BN2O4S. The Morgan fingerprint density at radius 1 is 1.03 bits per heavy atom. The van der Waals surface area contributed by atoms with Crippen molar-refractivity contribution < 1.29 is 19.1 Å². The van der Waals surface area contributed by atoms with E-state index in [0.29, 0.717) is 6.54 Å². The van der Waals surface area contributed by atoms with E-state index in [0.717, 1.165) is 41.6 Å². The molecule has 1 aliphatic rings. The van der Waals surface area contributed by atoms with Gasteiger partial charge in [-0.25, -0.2) is 9.59 Å². The van der Waals surface area contributed by atoms with E-state index in [2.05, 4.69) is 17.4 Å². The molecule has 1 aliphatic carbocycles. The van der Waals surface area contributed by atoms with Gasteiger partial charge in [0, 0.05) is 29.4 Å². The molecule has 0 aliphatic heterocycles. The fraction of sp³-hybridized carbons (Fsp3) is 0.571. The van der Waals surface area contributed by atoms with Crippen molar-refractivity contribution in [3.63, 3.8) is 0 Å². The average Bonchev–Trinajstić information content (AvgIpc) is 3.19. The highest BCUT2D eigenvalue weighted by Crippen LogP contribution is 2.32. The van der Waals surface area contributed by atoms with Crippen LogP contribution in [-0.2, 0) is 9.47 Å². The molecule has 1 atom stereocenters. The molecule has 1 fully saturated rings. The van der Waals surface area contributed by atoms with Crippen LogP contribution in [-0.4, -0.2) is 54.8 Å². The lowest BCUT2D eigenvalue weighted by Gasteiger charge is -2.39. The molecule has 194 valence electrons. The molecule has 1 heterocycles. The van der Waals surface area contributed by atoms with Crippen LogP contribution in [0.4, 0.5) is 9.59 Å². The molecular weight excluding hydrogens is 471 g/mol. The summed E-state index contributed by atoms with van der Waals surface area (Å²) in [6.07, 6.45) is 2.38. The van der Waals surface area contributed by atoms with Crippen molar-refractivity contribution in [2.24, 2.45) is 0 Å². The number of amides is 2. The molecule has 0 bridgehead atoms. The van der Waals surface area contributed by atoms with Crippen LogP contribution in [0.25, 0.3) is 0 Å². The van der Waals surface area contributed by atoms with Crippen LogP contribution in [0.3, 0.4) is 0 Å². The highest BCUT2D eigenvalue weighted by molar-refractivity contribution is 7.11. The van der Waals surface area contributed by atoms with Gasteiger partial charge < -0.3 is 19.7 Å². The Morgan fingerprint density at radius 3 is 2.17 bits per heavy atom. The summed E-state index contributed by atoms with van der Waals surface area (Å²) in [4.78, 5) is 28.7. The molecule has 36 heavy (non-hydrogen) atoms. The van der Waals surface area contributed by atoms with Gasteiger partial charge in [-0.3, -0.25) is 0 Å². The zero-order chi connectivity index (χ0) is 26.5. The molecule has 1 unspecified atom stereocenters. The van der Waals surface area contributed by atoms with E-state index in [1.54, 1.807) is 11.3 Å². The van der Waals surface area contributed by atoms with E-state index in [4.69, 9.17) is 17.3 Å². The van der Waals surface area contributed by atoms with Gasteiger partial charge in [-0.15, -0.1) is 11.3 Å². The van der Waals surface area contributed by atoms with Gasteiger partial charge >= 0.3 is 12.2 Å². The van der Waals surface area contributed by atoms with E-state index in [-0.39, 0.29) is 24.1 Å². The number of thiophene rings is 1. The van der Waals surface area contributed by atoms with Gasteiger partial charge in [0.2, 0.25) is 0 Å². The summed E-state index contributed by atoms with van der Waals surface area (Å²) in [6, 6.07) is 12.3. The lowest BCUT2D eigenvalue weighted by molar-refractivity contribution is 0.00947. The minimum absolute atomic E-state index is 0.0139. The van der Waals surface area contributed by atoms with Crippen LogP contribution < -0.4 is 10.8 Å². The second-order valence-corrected chi connectivity index (χ2v) is 12.5. The Labute approximate surface area is 221 Å². The molecule has 6 nitrogen and oxygen atoms in total. The predicted octanol–water partition coefficient (Wildman–Crippen LogP) is 5.75. The van der Waals surface area contributed by atoms with E-state index >= 15 is 0 Å². The third kappa shape index (κ3) is 8.58. The largest absolute Gasteiger partial charge is 0.444 e. The molecule has 1 N–H and O–H groups in total. The van der Waals surface area contributed by atoms with Gasteiger partial charge in [0.25, 0.3) is 0 Å². The molecule has 3 rings (SSSR count). The number of hydrogen-bond acceptors (Lipinski definition) is 5. The number of nitrogens with zero attached hydrogens (tertiary/aromatic N) is 1. The Bertz CT molecular complexity index is 1000. The second kappa shape index (κ2) is 11.7. The lowest BCUT2D eigenvalue weighted by atomic mass is 9.88. The van der Waals surface area contributed by atoms with Crippen LogP contribution in [0, 0.1) is 0 Å². The van der Waals surface area contributed by atoms with Crippen molar-refractivity contribution >= 4 is 36.8 Å². The summed E-state index contributed by atoms with van der Waals surface area (Å²) in [5, 5.41) is 4.93. The van der Waals surface area contributed by atoms with Crippen LogP contribution in [0.1, 0.15) is 83.6 Å². The molecule has 0 spiro atoms. The fourth-order valence-corrected chi connectivity index (χ4v) is 5.41. The lowest BCUT2D eigenvalue weighted by Crippen LogP contribution is -2.49. The van der Waals surface area contributed by atoms with Crippen LogP contribution in [0.15, 0.2) is 41.8 Å². The minimum atomic E-state index is -0.597. The number of rotatable bonds is 6. The number of hydrogen-bond donors (Lipinski definition) is 1. The molecule has 2 radical (unpaired) electrons. The first-order valence-corrected chi connectivity index (χ1v) is 13.6. The van der Waals surface area contributed by atoms with E-state index in [1.165, 1.54) is 0 Å². The maximum absolute atomic E-state index is 13.5.